The van der Waals surface area contributed by atoms with Gasteiger partial charge in [-0.2, -0.15) is 0 Å². The molecule has 3 amide bonds. The third-order valence-corrected chi connectivity index (χ3v) is 6.33. The van der Waals surface area contributed by atoms with Crippen molar-refractivity contribution in [1.82, 2.24) is 4.68 Å². The first-order valence-electron chi connectivity index (χ1n) is 10.3. The van der Waals surface area contributed by atoms with Crippen molar-refractivity contribution >= 4 is 71.9 Å². The van der Waals surface area contributed by atoms with Crippen LogP contribution < -0.4 is 16.1 Å². The zero-order chi connectivity index (χ0) is 24.4. The smallest absolute Gasteiger partial charge is 0.320 e. The van der Waals surface area contributed by atoms with Crippen LogP contribution in [0.3, 0.4) is 0 Å². The second kappa shape index (κ2) is 9.82. The minimum absolute atomic E-state index is 0.164. The van der Waals surface area contributed by atoms with E-state index < -0.39 is 17.7 Å². The standard InChI is InChI=1S/C25H20Br2N4O3/c1-14-7-9-20(18(27)11-14)29-23(32)22-13-16-12-17(26)8-10-21(16)31(22)30-25(34)24(33)28-19-6-4-3-5-15(19)2/h3-13H,1-2H3,(H,28,33)(H,29,32)(H,30,34). The third kappa shape index (κ3) is 5.05. The van der Waals surface area contributed by atoms with Gasteiger partial charge >= 0.3 is 11.8 Å². The molecule has 0 fully saturated rings. The predicted octanol–water partition coefficient (Wildman–Crippen LogP) is 5.74. The van der Waals surface area contributed by atoms with E-state index in [1.54, 1.807) is 36.4 Å². The fourth-order valence-electron chi connectivity index (χ4n) is 3.43. The van der Waals surface area contributed by atoms with Crippen molar-refractivity contribution in [3.05, 3.63) is 92.5 Å². The number of carbonyl (C=O) groups excluding carboxylic acids is 3. The van der Waals surface area contributed by atoms with Crippen LogP contribution in [0.2, 0.25) is 0 Å². The number of nitrogens with zero attached hydrogens (tertiary/aromatic N) is 1. The topological polar surface area (TPSA) is 92.2 Å². The molecule has 0 aliphatic rings. The fourth-order valence-corrected chi connectivity index (χ4v) is 4.40. The van der Waals surface area contributed by atoms with Crippen molar-refractivity contribution in [1.29, 1.82) is 0 Å². The Kier molecular flexibility index (Phi) is 6.85. The van der Waals surface area contributed by atoms with Crippen molar-refractivity contribution in [2.45, 2.75) is 13.8 Å². The number of aryl methyl sites for hydroxylation is 2. The average molecular weight is 584 g/mol. The van der Waals surface area contributed by atoms with Crippen molar-refractivity contribution in [3.8, 4) is 0 Å². The summed E-state index contributed by atoms with van der Waals surface area (Å²) >= 11 is 6.88. The molecule has 1 aromatic heterocycles. The van der Waals surface area contributed by atoms with Crippen LogP contribution in [0, 0.1) is 13.8 Å². The van der Waals surface area contributed by atoms with Crippen LogP contribution >= 0.6 is 31.9 Å². The molecule has 9 heteroatoms. The molecule has 0 saturated carbocycles. The van der Waals surface area contributed by atoms with E-state index in [9.17, 15) is 14.4 Å². The van der Waals surface area contributed by atoms with Crippen molar-refractivity contribution in [3.63, 3.8) is 0 Å². The van der Waals surface area contributed by atoms with E-state index in [-0.39, 0.29) is 5.69 Å². The molecule has 34 heavy (non-hydrogen) atoms. The lowest BCUT2D eigenvalue weighted by atomic mass is 10.2. The van der Waals surface area contributed by atoms with Gasteiger partial charge in [0.2, 0.25) is 0 Å². The maximum absolute atomic E-state index is 13.2. The summed E-state index contributed by atoms with van der Waals surface area (Å²) in [7, 11) is 0. The summed E-state index contributed by atoms with van der Waals surface area (Å²) < 4.78 is 2.86. The number of hydrogen-bond acceptors (Lipinski definition) is 3. The Balaban J connectivity index is 1.65. The Labute approximate surface area is 212 Å². The molecule has 0 aliphatic carbocycles. The molecule has 0 atom stereocenters. The Bertz CT molecular complexity index is 1450. The molecule has 4 rings (SSSR count). The molecule has 0 bridgehead atoms. The quantitative estimate of drug-likeness (QED) is 0.267. The van der Waals surface area contributed by atoms with E-state index in [1.165, 1.54) is 4.68 Å². The van der Waals surface area contributed by atoms with Gasteiger partial charge in [-0.3, -0.25) is 19.8 Å². The number of anilines is 2. The van der Waals surface area contributed by atoms with Gasteiger partial charge in [0.15, 0.2) is 0 Å². The molecule has 4 aromatic rings. The summed E-state index contributed by atoms with van der Waals surface area (Å²) in [5.74, 6) is -2.20. The predicted molar refractivity (Wildman–Crippen MR) is 141 cm³/mol. The van der Waals surface area contributed by atoms with Gasteiger partial charge in [-0.05, 0) is 83.4 Å². The van der Waals surface area contributed by atoms with Gasteiger partial charge in [-0.1, -0.05) is 40.2 Å². The lowest BCUT2D eigenvalue weighted by Crippen LogP contribution is -2.36. The van der Waals surface area contributed by atoms with E-state index >= 15 is 0 Å². The fraction of sp³-hybridized carbons (Fsp3) is 0.0800. The second-order valence-electron chi connectivity index (χ2n) is 7.72. The number of carbonyl (C=O) groups is 3. The molecular weight excluding hydrogens is 564 g/mol. The number of fused-ring (bicyclic) bond motifs is 1. The van der Waals surface area contributed by atoms with E-state index in [2.05, 4.69) is 47.9 Å². The molecule has 3 aromatic carbocycles. The lowest BCUT2D eigenvalue weighted by Gasteiger charge is -2.14. The number of rotatable bonds is 4. The van der Waals surface area contributed by atoms with Gasteiger partial charge < -0.3 is 10.6 Å². The average Bonchev–Trinajstić information content (AvgIpc) is 3.14. The third-order valence-electron chi connectivity index (χ3n) is 5.18. The van der Waals surface area contributed by atoms with Crippen LogP contribution in [0.1, 0.15) is 21.6 Å². The SMILES string of the molecule is Cc1ccc(NC(=O)c2cc3cc(Br)ccc3n2NC(=O)C(=O)Nc2ccccc2C)c(Br)c1. The first-order valence-corrected chi connectivity index (χ1v) is 11.9. The largest absolute Gasteiger partial charge is 0.328 e. The maximum atomic E-state index is 13.2. The van der Waals surface area contributed by atoms with Gasteiger partial charge in [0.1, 0.15) is 5.69 Å². The molecule has 7 nitrogen and oxygen atoms in total. The van der Waals surface area contributed by atoms with Crippen LogP contribution in [0.4, 0.5) is 11.4 Å². The molecule has 1 heterocycles. The molecule has 0 unspecified atom stereocenters. The molecule has 172 valence electrons. The number of para-hydroxylation sites is 1. The van der Waals surface area contributed by atoms with Gasteiger partial charge in [-0.25, -0.2) is 4.68 Å². The molecular formula is C25H20Br2N4O3. The summed E-state index contributed by atoms with van der Waals surface area (Å²) in [5, 5.41) is 6.16. The van der Waals surface area contributed by atoms with Crippen LogP contribution in [-0.4, -0.2) is 22.4 Å². The number of halogens is 2. The second-order valence-corrected chi connectivity index (χ2v) is 9.49. The number of amides is 3. The highest BCUT2D eigenvalue weighted by Gasteiger charge is 2.22. The summed E-state index contributed by atoms with van der Waals surface area (Å²) in [4.78, 5) is 38.5. The summed E-state index contributed by atoms with van der Waals surface area (Å²) in [6.45, 7) is 3.78. The number of nitrogens with one attached hydrogen (secondary N) is 3. The van der Waals surface area contributed by atoms with Crippen molar-refractivity contribution < 1.29 is 14.4 Å². The monoisotopic (exact) mass is 582 g/mol. The number of benzene rings is 3. The van der Waals surface area contributed by atoms with Crippen LogP contribution in [-0.2, 0) is 9.59 Å². The summed E-state index contributed by atoms with van der Waals surface area (Å²) in [6, 6.07) is 19.7. The molecule has 0 spiro atoms. The van der Waals surface area contributed by atoms with Crippen LogP contribution in [0.5, 0.6) is 0 Å². The van der Waals surface area contributed by atoms with Gasteiger partial charge in [-0.15, -0.1) is 0 Å². The minimum atomic E-state index is -0.908. The Morgan fingerprint density at radius 1 is 0.794 bits per heavy atom. The maximum Gasteiger partial charge on any atom is 0.328 e. The Morgan fingerprint density at radius 2 is 1.56 bits per heavy atom. The number of aromatic nitrogens is 1. The summed E-state index contributed by atoms with van der Waals surface area (Å²) in [6.07, 6.45) is 0. The Hall–Kier alpha value is -3.43. The lowest BCUT2D eigenvalue weighted by molar-refractivity contribution is -0.133. The molecule has 3 N–H and O–H groups in total. The van der Waals surface area contributed by atoms with Crippen LogP contribution in [0.25, 0.3) is 10.9 Å². The van der Waals surface area contributed by atoms with E-state index in [0.717, 1.165) is 20.1 Å². The Morgan fingerprint density at radius 3 is 2.29 bits per heavy atom. The number of hydrogen-bond donors (Lipinski definition) is 3. The zero-order valence-corrected chi connectivity index (χ0v) is 21.5. The minimum Gasteiger partial charge on any atom is -0.320 e. The van der Waals surface area contributed by atoms with Gasteiger partial charge in [0, 0.05) is 20.0 Å². The normalized spacial score (nSPS) is 10.7. The van der Waals surface area contributed by atoms with Crippen molar-refractivity contribution in [2.75, 3.05) is 16.1 Å². The molecule has 0 aliphatic heterocycles. The highest BCUT2D eigenvalue weighted by atomic mass is 79.9. The van der Waals surface area contributed by atoms with Crippen LogP contribution in [0.15, 0.2) is 75.7 Å². The van der Waals surface area contributed by atoms with Gasteiger partial charge in [0.25, 0.3) is 5.91 Å². The first kappa shape index (κ1) is 23.7. The highest BCUT2D eigenvalue weighted by molar-refractivity contribution is 9.10. The zero-order valence-electron chi connectivity index (χ0n) is 18.3. The molecule has 0 radical (unpaired) electrons. The van der Waals surface area contributed by atoms with Gasteiger partial charge in [0.05, 0.1) is 11.2 Å². The molecule has 0 saturated heterocycles. The van der Waals surface area contributed by atoms with Crippen molar-refractivity contribution in [2.24, 2.45) is 0 Å². The van der Waals surface area contributed by atoms with E-state index in [0.29, 0.717) is 22.3 Å². The van der Waals surface area contributed by atoms with E-state index in [1.807, 2.05) is 44.2 Å². The highest BCUT2D eigenvalue weighted by Crippen LogP contribution is 2.26. The summed E-state index contributed by atoms with van der Waals surface area (Å²) in [5.41, 5.74) is 6.26. The first-order chi connectivity index (χ1) is 16.2. The van der Waals surface area contributed by atoms with E-state index in [4.69, 9.17) is 0 Å².